The lowest BCUT2D eigenvalue weighted by Crippen LogP contribution is -2.50. The van der Waals surface area contributed by atoms with Crippen molar-refractivity contribution in [1.82, 2.24) is 29.5 Å². The van der Waals surface area contributed by atoms with E-state index in [-0.39, 0.29) is 24.1 Å². The van der Waals surface area contributed by atoms with E-state index < -0.39 is 6.10 Å². The summed E-state index contributed by atoms with van der Waals surface area (Å²) in [5.41, 5.74) is 3.24. The summed E-state index contributed by atoms with van der Waals surface area (Å²) >= 11 is 0. The molecular formula is C23H25N7O3. The Morgan fingerprint density at radius 3 is 2.76 bits per heavy atom. The van der Waals surface area contributed by atoms with Gasteiger partial charge in [-0.3, -0.25) is 4.79 Å². The molecule has 0 bridgehead atoms. The van der Waals surface area contributed by atoms with E-state index in [1.165, 1.54) is 6.20 Å². The highest BCUT2D eigenvalue weighted by atomic mass is 16.3. The lowest BCUT2D eigenvalue weighted by Gasteiger charge is -2.32. The minimum Gasteiger partial charge on any atom is -0.393 e. The Morgan fingerprint density at radius 2 is 2.06 bits per heavy atom. The summed E-state index contributed by atoms with van der Waals surface area (Å²) in [6, 6.07) is 5.77. The molecule has 2 fully saturated rings. The zero-order chi connectivity index (χ0) is 22.7. The molecule has 0 saturated heterocycles. The Morgan fingerprint density at radius 1 is 1.21 bits per heavy atom. The van der Waals surface area contributed by atoms with Gasteiger partial charge in [0.2, 0.25) is 0 Å². The molecule has 2 aliphatic rings. The molecule has 0 spiro atoms. The third-order valence-electron chi connectivity index (χ3n) is 6.87. The van der Waals surface area contributed by atoms with Crippen LogP contribution in [-0.2, 0) is 0 Å². The number of amides is 1. The fourth-order valence-electron chi connectivity index (χ4n) is 4.69. The Hall–Kier alpha value is -3.50. The maximum Gasteiger partial charge on any atom is 0.257 e. The van der Waals surface area contributed by atoms with Crippen molar-refractivity contribution in [2.45, 2.75) is 50.0 Å². The summed E-state index contributed by atoms with van der Waals surface area (Å²) in [5.74, 6) is 0.398. The molecule has 170 valence electrons. The summed E-state index contributed by atoms with van der Waals surface area (Å²) in [6.45, 7) is 0. The molecule has 1 amide bonds. The number of nitrogens with zero attached hydrogens (tertiary/aromatic N) is 5. The number of hydrogen-bond donors (Lipinski definition) is 4. The maximum absolute atomic E-state index is 12.9. The first kappa shape index (κ1) is 20.1. The van der Waals surface area contributed by atoms with Crippen LogP contribution in [0.4, 0.5) is 5.82 Å². The number of aliphatic hydroxyl groups is 2. The van der Waals surface area contributed by atoms with Gasteiger partial charge in [-0.25, -0.2) is 9.97 Å². The molecule has 4 aromatic rings. The van der Waals surface area contributed by atoms with E-state index in [1.54, 1.807) is 17.8 Å². The first-order valence-electron chi connectivity index (χ1n) is 11.2. The van der Waals surface area contributed by atoms with Crippen LogP contribution in [0.5, 0.6) is 0 Å². The zero-order valence-corrected chi connectivity index (χ0v) is 18.1. The van der Waals surface area contributed by atoms with E-state index >= 15 is 0 Å². The Bertz CT molecular complexity index is 1370. The molecule has 10 nitrogen and oxygen atoms in total. The highest BCUT2D eigenvalue weighted by molar-refractivity contribution is 6.01. The third kappa shape index (κ3) is 3.17. The van der Waals surface area contributed by atoms with Gasteiger partial charge in [-0.1, -0.05) is 0 Å². The van der Waals surface area contributed by atoms with E-state index in [1.807, 2.05) is 24.4 Å². The fraction of sp³-hybridized carbons (Fsp3) is 0.391. The smallest absolute Gasteiger partial charge is 0.257 e. The SMILES string of the molecule is CNc1cc(-c2cn([C@H]3C[C@@H](O)C3)c3ncccc23)nc2c(C(=O)NC3CC[C@H]3O)cnn12. The standard InChI is InChI=1S/C23H25N7O3/c1-24-20-9-18(16-11-29(12-7-13(31)8-12)21-14(16)3-2-6-25-21)27-22-15(10-26-30(20)22)23(33)28-17-4-5-19(17)32/h2-3,6,9-13,17,19,24,31-32H,4-5,7-8H2,1H3,(H,28,33)/t12-,13+,17?,19-/m1/s1. The van der Waals surface area contributed by atoms with Crippen LogP contribution in [0.25, 0.3) is 27.9 Å². The average Bonchev–Trinajstić information content (AvgIpc) is 3.40. The van der Waals surface area contributed by atoms with Crippen LogP contribution in [0.15, 0.2) is 36.8 Å². The van der Waals surface area contributed by atoms with Gasteiger partial charge in [-0.15, -0.1) is 0 Å². The predicted molar refractivity (Wildman–Crippen MR) is 122 cm³/mol. The second-order valence-corrected chi connectivity index (χ2v) is 8.90. The summed E-state index contributed by atoms with van der Waals surface area (Å²) in [7, 11) is 1.80. The van der Waals surface area contributed by atoms with Gasteiger partial charge < -0.3 is 25.4 Å². The van der Waals surface area contributed by atoms with E-state index in [2.05, 4.69) is 25.3 Å². The highest BCUT2D eigenvalue weighted by Gasteiger charge is 2.32. The zero-order valence-electron chi connectivity index (χ0n) is 18.1. The monoisotopic (exact) mass is 447 g/mol. The number of anilines is 1. The summed E-state index contributed by atoms with van der Waals surface area (Å²) in [4.78, 5) is 22.3. The van der Waals surface area contributed by atoms with Crippen LogP contribution < -0.4 is 10.6 Å². The molecule has 1 unspecified atom stereocenters. The van der Waals surface area contributed by atoms with Gasteiger partial charge in [0, 0.05) is 42.5 Å². The number of hydrogen-bond acceptors (Lipinski definition) is 7. The normalized spacial score (nSPS) is 24.5. The molecule has 4 heterocycles. The second kappa shape index (κ2) is 7.53. The van der Waals surface area contributed by atoms with Crippen molar-refractivity contribution >= 4 is 28.4 Å². The lowest BCUT2D eigenvalue weighted by molar-refractivity contribution is 0.0448. The number of aliphatic hydroxyl groups excluding tert-OH is 2. The molecule has 2 atom stereocenters. The van der Waals surface area contributed by atoms with Gasteiger partial charge >= 0.3 is 0 Å². The van der Waals surface area contributed by atoms with Gasteiger partial charge in [0.1, 0.15) is 17.0 Å². The molecule has 0 radical (unpaired) electrons. The van der Waals surface area contributed by atoms with Gasteiger partial charge in [0.05, 0.1) is 30.1 Å². The van der Waals surface area contributed by atoms with Crippen molar-refractivity contribution in [1.29, 1.82) is 0 Å². The van der Waals surface area contributed by atoms with Crippen molar-refractivity contribution in [3.05, 3.63) is 42.4 Å². The third-order valence-corrected chi connectivity index (χ3v) is 6.87. The van der Waals surface area contributed by atoms with E-state index in [0.717, 1.165) is 23.0 Å². The number of rotatable bonds is 5. The van der Waals surface area contributed by atoms with E-state index in [9.17, 15) is 15.0 Å². The van der Waals surface area contributed by atoms with E-state index in [0.29, 0.717) is 42.0 Å². The number of nitrogens with one attached hydrogen (secondary N) is 2. The number of carbonyl (C=O) groups is 1. The van der Waals surface area contributed by atoms with Crippen molar-refractivity contribution in [2.75, 3.05) is 12.4 Å². The topological polar surface area (TPSA) is 130 Å². The molecule has 4 aromatic heterocycles. The van der Waals surface area contributed by atoms with Crippen LogP contribution >= 0.6 is 0 Å². The molecular weight excluding hydrogens is 422 g/mol. The first-order chi connectivity index (χ1) is 16.0. The fourth-order valence-corrected chi connectivity index (χ4v) is 4.69. The molecule has 10 heteroatoms. The van der Waals surface area contributed by atoms with E-state index in [4.69, 9.17) is 4.98 Å². The number of aromatic nitrogens is 5. The molecule has 2 saturated carbocycles. The van der Waals surface area contributed by atoms with Crippen LogP contribution in [-0.4, -0.2) is 65.6 Å². The van der Waals surface area contributed by atoms with Crippen molar-refractivity contribution in [2.24, 2.45) is 0 Å². The average molecular weight is 447 g/mol. The van der Waals surface area contributed by atoms with Crippen LogP contribution in [0.2, 0.25) is 0 Å². The molecule has 6 rings (SSSR count). The van der Waals surface area contributed by atoms with Gasteiger partial charge in [-0.2, -0.15) is 9.61 Å². The largest absolute Gasteiger partial charge is 0.393 e. The molecule has 0 aliphatic heterocycles. The molecule has 2 aliphatic carbocycles. The number of carbonyl (C=O) groups excluding carboxylic acids is 1. The van der Waals surface area contributed by atoms with Gasteiger partial charge in [0.15, 0.2) is 5.65 Å². The van der Waals surface area contributed by atoms with Crippen molar-refractivity contribution in [3.8, 4) is 11.3 Å². The molecule has 0 aromatic carbocycles. The quantitative estimate of drug-likeness (QED) is 0.367. The van der Waals surface area contributed by atoms with Gasteiger partial charge in [0.25, 0.3) is 5.91 Å². The minimum absolute atomic E-state index is 0.198. The molecule has 33 heavy (non-hydrogen) atoms. The second-order valence-electron chi connectivity index (χ2n) is 8.90. The predicted octanol–water partition coefficient (Wildman–Crippen LogP) is 1.74. The van der Waals surface area contributed by atoms with Crippen LogP contribution in [0.1, 0.15) is 42.1 Å². The Kier molecular flexibility index (Phi) is 4.59. The number of pyridine rings is 1. The Labute approximate surface area is 189 Å². The van der Waals surface area contributed by atoms with Crippen LogP contribution in [0, 0.1) is 0 Å². The van der Waals surface area contributed by atoms with Crippen LogP contribution in [0.3, 0.4) is 0 Å². The highest BCUT2D eigenvalue weighted by Crippen LogP contribution is 2.38. The summed E-state index contributed by atoms with van der Waals surface area (Å²) in [6.07, 6.45) is 7.39. The summed E-state index contributed by atoms with van der Waals surface area (Å²) in [5, 5.41) is 31.0. The minimum atomic E-state index is -0.504. The van der Waals surface area contributed by atoms with Gasteiger partial charge in [-0.05, 0) is 37.8 Å². The van der Waals surface area contributed by atoms with Crippen molar-refractivity contribution < 1.29 is 15.0 Å². The Balaban J connectivity index is 1.46. The lowest BCUT2D eigenvalue weighted by atomic mass is 9.89. The first-order valence-corrected chi connectivity index (χ1v) is 11.2. The maximum atomic E-state index is 12.9. The summed E-state index contributed by atoms with van der Waals surface area (Å²) < 4.78 is 3.72. The molecule has 4 N–H and O–H groups in total. The van der Waals surface area contributed by atoms with Crippen molar-refractivity contribution in [3.63, 3.8) is 0 Å². The number of fused-ring (bicyclic) bond motifs is 2.